The van der Waals surface area contributed by atoms with Gasteiger partial charge in [0.05, 0.1) is 19.6 Å². The van der Waals surface area contributed by atoms with Gasteiger partial charge in [0, 0.05) is 19.1 Å². The molecule has 0 radical (unpaired) electrons. The Morgan fingerprint density at radius 2 is 1.53 bits per heavy atom. The van der Waals surface area contributed by atoms with Crippen LogP contribution in [0.1, 0.15) is 114 Å². The summed E-state index contributed by atoms with van der Waals surface area (Å²) in [7, 11) is 0. The molecule has 5 nitrogen and oxygen atoms in total. The highest BCUT2D eigenvalue weighted by molar-refractivity contribution is 5.75. The van der Waals surface area contributed by atoms with E-state index in [1.54, 1.807) is 0 Å². The first-order valence-electron chi connectivity index (χ1n) is 18.9. The Morgan fingerprint density at radius 1 is 0.837 bits per heavy atom. The first-order chi connectivity index (χ1) is 23.8. The quantitative estimate of drug-likeness (QED) is 0.0712. The molecule has 3 aromatic carbocycles. The van der Waals surface area contributed by atoms with Crippen molar-refractivity contribution >= 4 is 5.97 Å². The molecule has 1 aliphatic rings. The fourth-order valence-electron chi connectivity index (χ4n) is 7.17. The normalized spacial score (nSPS) is 16.1. The summed E-state index contributed by atoms with van der Waals surface area (Å²) in [5.74, 6) is 1.96. The van der Waals surface area contributed by atoms with E-state index in [2.05, 4.69) is 75.0 Å². The van der Waals surface area contributed by atoms with Crippen LogP contribution >= 0.6 is 0 Å². The molecule has 0 heterocycles. The van der Waals surface area contributed by atoms with Gasteiger partial charge < -0.3 is 19.7 Å². The van der Waals surface area contributed by atoms with E-state index in [9.17, 15) is 15.0 Å². The van der Waals surface area contributed by atoms with Crippen LogP contribution in [0.2, 0.25) is 0 Å². The van der Waals surface area contributed by atoms with Gasteiger partial charge in [0.25, 0.3) is 0 Å². The molecule has 3 aromatic rings. The van der Waals surface area contributed by atoms with Crippen LogP contribution in [0.3, 0.4) is 0 Å². The monoisotopic (exact) mass is 668 g/mol. The van der Waals surface area contributed by atoms with E-state index in [0.717, 1.165) is 34.8 Å². The average Bonchev–Trinajstić information content (AvgIpc) is 3.12. The van der Waals surface area contributed by atoms with Crippen LogP contribution in [-0.2, 0) is 22.4 Å². The molecule has 2 N–H and O–H groups in total. The number of hydrogen-bond donors (Lipinski definition) is 2. The van der Waals surface area contributed by atoms with Gasteiger partial charge in [0.1, 0.15) is 5.75 Å². The Kier molecular flexibility index (Phi) is 15.9. The van der Waals surface area contributed by atoms with Gasteiger partial charge >= 0.3 is 5.97 Å². The molecule has 266 valence electrons. The molecule has 0 amide bonds. The van der Waals surface area contributed by atoms with Crippen molar-refractivity contribution in [2.75, 3.05) is 26.4 Å². The topological polar surface area (TPSA) is 76.0 Å². The van der Waals surface area contributed by atoms with Crippen LogP contribution in [0.15, 0.2) is 72.8 Å². The van der Waals surface area contributed by atoms with Gasteiger partial charge in [-0.2, -0.15) is 0 Å². The van der Waals surface area contributed by atoms with Crippen molar-refractivity contribution in [2.45, 2.75) is 110 Å². The average molecular weight is 669 g/mol. The fraction of sp³-hybridized carbons (Fsp3) is 0.523. The lowest BCUT2D eigenvalue weighted by Gasteiger charge is -2.29. The summed E-state index contributed by atoms with van der Waals surface area (Å²) in [6.07, 6.45) is 14.0. The van der Waals surface area contributed by atoms with Gasteiger partial charge in [-0.1, -0.05) is 100 Å². The van der Waals surface area contributed by atoms with Crippen LogP contribution in [0.5, 0.6) is 5.75 Å². The molecule has 1 saturated carbocycles. The third-order valence-corrected chi connectivity index (χ3v) is 10.2. The number of benzene rings is 3. The summed E-state index contributed by atoms with van der Waals surface area (Å²) in [4.78, 5) is 12.0. The second-order valence-electron chi connectivity index (χ2n) is 14.2. The SMILES string of the molecule is C=C(C)CC(=O)OCCCc1cc(-c2ccc(-c3ccc(C4CCC(CCCCC)CC4)cc3)cc2CC)ccc1OCCC(CO)CO. The number of rotatable bonds is 20. The molecule has 0 saturated heterocycles. The minimum Gasteiger partial charge on any atom is -0.493 e. The van der Waals surface area contributed by atoms with E-state index in [4.69, 9.17) is 9.47 Å². The van der Waals surface area contributed by atoms with Crippen molar-refractivity contribution in [1.29, 1.82) is 0 Å². The number of unbranched alkanes of at least 4 members (excludes halogenated alkanes) is 2. The highest BCUT2D eigenvalue weighted by Gasteiger charge is 2.22. The molecule has 49 heavy (non-hydrogen) atoms. The zero-order valence-electron chi connectivity index (χ0n) is 30.4. The van der Waals surface area contributed by atoms with Crippen molar-refractivity contribution in [3.8, 4) is 28.0 Å². The van der Waals surface area contributed by atoms with Gasteiger partial charge in [-0.15, -0.1) is 0 Å². The van der Waals surface area contributed by atoms with E-state index < -0.39 is 0 Å². The Balaban J connectivity index is 1.46. The smallest absolute Gasteiger partial charge is 0.309 e. The van der Waals surface area contributed by atoms with Crippen molar-refractivity contribution in [1.82, 2.24) is 0 Å². The maximum atomic E-state index is 12.0. The van der Waals surface area contributed by atoms with Crippen molar-refractivity contribution in [3.05, 3.63) is 89.5 Å². The van der Waals surface area contributed by atoms with E-state index in [0.29, 0.717) is 38.4 Å². The zero-order valence-corrected chi connectivity index (χ0v) is 30.4. The Bertz CT molecular complexity index is 1450. The standard InChI is InChI=1S/C44H60O5/c1-5-7-8-10-33-12-14-36(15-13-33)37-16-18-38(19-17-37)39-20-22-42(35(6-2)28-39)40-21-23-43(48-26-24-34(30-45)31-46)41(29-40)11-9-25-49-44(47)27-32(3)4/h16-23,28-29,33-34,36,45-46H,3,5-15,24-27,30-31H2,1-2,4H3. The molecular formula is C44H60O5. The summed E-state index contributed by atoms with van der Waals surface area (Å²) >= 11 is 0. The molecule has 0 aliphatic heterocycles. The van der Waals surface area contributed by atoms with Gasteiger partial charge in [-0.05, 0) is 121 Å². The number of hydrogen-bond acceptors (Lipinski definition) is 5. The highest BCUT2D eigenvalue weighted by atomic mass is 16.5. The van der Waals surface area contributed by atoms with Crippen LogP contribution in [0.4, 0.5) is 0 Å². The number of carbonyl (C=O) groups is 1. The molecule has 0 aromatic heterocycles. The van der Waals surface area contributed by atoms with E-state index in [-0.39, 0.29) is 31.5 Å². The van der Waals surface area contributed by atoms with Crippen LogP contribution in [-0.4, -0.2) is 42.6 Å². The lowest BCUT2D eigenvalue weighted by molar-refractivity contribution is -0.142. The molecular weight excluding hydrogens is 608 g/mol. The minimum absolute atomic E-state index is 0.0682. The van der Waals surface area contributed by atoms with E-state index in [1.165, 1.54) is 79.2 Å². The Morgan fingerprint density at radius 3 is 2.20 bits per heavy atom. The summed E-state index contributed by atoms with van der Waals surface area (Å²) in [5.41, 5.74) is 9.47. The summed E-state index contributed by atoms with van der Waals surface area (Å²) in [6, 6.07) is 22.5. The second-order valence-corrected chi connectivity index (χ2v) is 14.2. The third kappa shape index (κ3) is 11.9. The molecule has 0 spiro atoms. The number of aliphatic hydroxyl groups excluding tert-OH is 2. The maximum Gasteiger partial charge on any atom is 0.309 e. The predicted molar refractivity (Wildman–Crippen MR) is 202 cm³/mol. The summed E-state index contributed by atoms with van der Waals surface area (Å²) in [6.45, 7) is 10.7. The number of aliphatic hydroxyl groups is 2. The predicted octanol–water partition coefficient (Wildman–Crippen LogP) is 10.2. The number of ether oxygens (including phenoxy) is 2. The van der Waals surface area contributed by atoms with Gasteiger partial charge in [-0.3, -0.25) is 4.79 Å². The van der Waals surface area contributed by atoms with Crippen LogP contribution in [0.25, 0.3) is 22.3 Å². The molecule has 1 fully saturated rings. The third-order valence-electron chi connectivity index (χ3n) is 10.2. The largest absolute Gasteiger partial charge is 0.493 e. The fourth-order valence-corrected chi connectivity index (χ4v) is 7.17. The summed E-state index contributed by atoms with van der Waals surface area (Å²) < 4.78 is 11.6. The highest BCUT2D eigenvalue weighted by Crippen LogP contribution is 2.39. The maximum absolute atomic E-state index is 12.0. The first-order valence-corrected chi connectivity index (χ1v) is 18.9. The number of esters is 1. The lowest BCUT2D eigenvalue weighted by atomic mass is 9.77. The second kappa shape index (κ2) is 20.3. The van der Waals surface area contributed by atoms with Gasteiger partial charge in [0.15, 0.2) is 0 Å². The van der Waals surface area contributed by atoms with E-state index >= 15 is 0 Å². The molecule has 0 bridgehead atoms. The van der Waals surface area contributed by atoms with Crippen molar-refractivity contribution in [3.63, 3.8) is 0 Å². The summed E-state index contributed by atoms with van der Waals surface area (Å²) in [5, 5.41) is 18.9. The molecule has 0 unspecified atom stereocenters. The Labute approximate surface area is 295 Å². The molecule has 1 aliphatic carbocycles. The van der Waals surface area contributed by atoms with Crippen molar-refractivity contribution in [2.24, 2.45) is 11.8 Å². The molecule has 4 rings (SSSR count). The Hall–Kier alpha value is -3.41. The van der Waals surface area contributed by atoms with Gasteiger partial charge in [0.2, 0.25) is 0 Å². The van der Waals surface area contributed by atoms with Crippen molar-refractivity contribution < 1.29 is 24.5 Å². The first kappa shape index (κ1) is 38.4. The molecule has 0 atom stereocenters. The van der Waals surface area contributed by atoms with E-state index in [1.807, 2.05) is 13.0 Å². The van der Waals surface area contributed by atoms with Crippen LogP contribution in [0, 0.1) is 11.8 Å². The van der Waals surface area contributed by atoms with Gasteiger partial charge in [-0.25, -0.2) is 0 Å². The number of aryl methyl sites for hydroxylation is 2. The lowest BCUT2D eigenvalue weighted by Crippen LogP contribution is -2.15. The molecule has 5 heteroatoms. The van der Waals surface area contributed by atoms with Crippen LogP contribution < -0.4 is 4.74 Å². The zero-order chi connectivity index (χ0) is 35.0. The minimum atomic E-state index is -0.251. The number of carbonyl (C=O) groups excluding carboxylic acids is 1.